The maximum atomic E-state index is 11.9. The summed E-state index contributed by atoms with van der Waals surface area (Å²) >= 11 is 2.88. The zero-order chi connectivity index (χ0) is 15.2. The molecule has 2 N–H and O–H groups in total. The maximum Gasteiger partial charge on any atom is 0.371 e. The van der Waals surface area contributed by atoms with E-state index in [4.69, 9.17) is 14.3 Å². The number of carboxylic acid groups (broad SMARTS) is 1. The zero-order valence-electron chi connectivity index (χ0n) is 10.9. The number of aromatic carboxylic acids is 1. The summed E-state index contributed by atoms with van der Waals surface area (Å²) in [6, 6.07) is 0.951. The first kappa shape index (κ1) is 17.2. The Kier molecular flexibility index (Phi) is 6.66. The molecular weight excluding hydrogens is 354 g/mol. The number of ether oxygens (including phenoxy) is 1. The highest BCUT2D eigenvalue weighted by molar-refractivity contribution is 9.10. The normalized spacial score (nSPS) is 11.7. The fraction of sp³-hybridized carbons (Fsp3) is 0.545. The minimum Gasteiger partial charge on any atom is -0.475 e. The molecular formula is C11H16BrNO6S. The van der Waals surface area contributed by atoms with Crippen LogP contribution in [0.4, 0.5) is 0 Å². The van der Waals surface area contributed by atoms with Crippen LogP contribution in [0.15, 0.2) is 20.0 Å². The van der Waals surface area contributed by atoms with E-state index < -0.39 is 21.8 Å². The first-order valence-electron chi connectivity index (χ1n) is 5.98. The predicted molar refractivity (Wildman–Crippen MR) is 74.3 cm³/mol. The van der Waals surface area contributed by atoms with E-state index in [9.17, 15) is 13.2 Å². The fourth-order valence-electron chi connectivity index (χ4n) is 1.32. The monoisotopic (exact) mass is 369 g/mol. The molecule has 20 heavy (non-hydrogen) atoms. The molecule has 114 valence electrons. The minimum atomic E-state index is -3.83. The summed E-state index contributed by atoms with van der Waals surface area (Å²) in [7, 11) is -3.83. The number of carboxylic acids is 1. The Bertz CT molecular complexity index is 553. The molecule has 1 aromatic rings. The lowest BCUT2D eigenvalue weighted by Gasteiger charge is -2.05. The highest BCUT2D eigenvalue weighted by Crippen LogP contribution is 2.25. The van der Waals surface area contributed by atoms with Crippen LogP contribution in [0, 0.1) is 0 Å². The second-order valence-corrected chi connectivity index (χ2v) is 6.37. The molecule has 1 rings (SSSR count). The Morgan fingerprint density at radius 1 is 1.50 bits per heavy atom. The van der Waals surface area contributed by atoms with Gasteiger partial charge in [-0.25, -0.2) is 17.9 Å². The van der Waals surface area contributed by atoms with Gasteiger partial charge in [-0.15, -0.1) is 0 Å². The molecule has 0 aliphatic carbocycles. The van der Waals surface area contributed by atoms with Crippen molar-refractivity contribution in [3.05, 3.63) is 16.5 Å². The summed E-state index contributed by atoms with van der Waals surface area (Å²) in [5.41, 5.74) is 0. The van der Waals surface area contributed by atoms with Crippen LogP contribution in [0.1, 0.15) is 30.3 Å². The van der Waals surface area contributed by atoms with E-state index in [1.807, 2.05) is 6.92 Å². The van der Waals surface area contributed by atoms with Crippen molar-refractivity contribution >= 4 is 31.9 Å². The van der Waals surface area contributed by atoms with Crippen molar-refractivity contribution < 1.29 is 27.5 Å². The molecule has 0 atom stereocenters. The van der Waals surface area contributed by atoms with Crippen LogP contribution in [-0.4, -0.2) is 39.3 Å². The van der Waals surface area contributed by atoms with Gasteiger partial charge in [0.2, 0.25) is 15.8 Å². The summed E-state index contributed by atoms with van der Waals surface area (Å²) < 4.78 is 36.0. The number of unbranched alkanes of at least 4 members (excludes halogenated alkanes) is 1. The first-order chi connectivity index (χ1) is 9.38. The van der Waals surface area contributed by atoms with E-state index in [0.29, 0.717) is 6.61 Å². The lowest BCUT2D eigenvalue weighted by Crippen LogP contribution is -2.27. The second kappa shape index (κ2) is 7.77. The van der Waals surface area contributed by atoms with Crippen LogP contribution < -0.4 is 4.72 Å². The second-order valence-electron chi connectivity index (χ2n) is 3.92. The van der Waals surface area contributed by atoms with Crippen LogP contribution in [0.2, 0.25) is 0 Å². The largest absolute Gasteiger partial charge is 0.475 e. The van der Waals surface area contributed by atoms with E-state index in [2.05, 4.69) is 20.7 Å². The van der Waals surface area contributed by atoms with Gasteiger partial charge >= 0.3 is 5.97 Å². The number of rotatable bonds is 9. The third-order valence-corrected chi connectivity index (χ3v) is 4.65. The van der Waals surface area contributed by atoms with E-state index in [1.165, 1.54) is 0 Å². The number of halogens is 1. The average molecular weight is 370 g/mol. The van der Waals surface area contributed by atoms with E-state index >= 15 is 0 Å². The van der Waals surface area contributed by atoms with Gasteiger partial charge in [0, 0.05) is 19.2 Å². The lowest BCUT2D eigenvalue weighted by atomic mass is 10.4. The molecule has 0 saturated heterocycles. The Morgan fingerprint density at radius 2 is 2.20 bits per heavy atom. The highest BCUT2D eigenvalue weighted by atomic mass is 79.9. The van der Waals surface area contributed by atoms with Crippen molar-refractivity contribution in [3.8, 4) is 0 Å². The highest BCUT2D eigenvalue weighted by Gasteiger charge is 2.24. The SMILES string of the molecule is CCCCOCCNS(=O)(=O)c1cc(C(=O)O)oc1Br. The van der Waals surface area contributed by atoms with Crippen molar-refractivity contribution in [3.63, 3.8) is 0 Å². The fourth-order valence-corrected chi connectivity index (χ4v) is 3.27. The van der Waals surface area contributed by atoms with Crippen LogP contribution in [0.25, 0.3) is 0 Å². The molecule has 7 nitrogen and oxygen atoms in total. The Labute approximate surface area is 125 Å². The summed E-state index contributed by atoms with van der Waals surface area (Å²) in [6.45, 7) is 2.96. The summed E-state index contributed by atoms with van der Waals surface area (Å²) in [5, 5.41) is 8.74. The maximum absolute atomic E-state index is 11.9. The van der Waals surface area contributed by atoms with Gasteiger partial charge < -0.3 is 14.3 Å². The van der Waals surface area contributed by atoms with E-state index in [0.717, 1.165) is 18.9 Å². The number of hydrogen-bond acceptors (Lipinski definition) is 5. The van der Waals surface area contributed by atoms with Crippen LogP contribution in [0.5, 0.6) is 0 Å². The average Bonchev–Trinajstić information content (AvgIpc) is 2.77. The molecule has 0 aliphatic rings. The van der Waals surface area contributed by atoms with Crippen LogP contribution in [0.3, 0.4) is 0 Å². The molecule has 0 unspecified atom stereocenters. The molecule has 0 saturated carbocycles. The van der Waals surface area contributed by atoms with Crippen molar-refractivity contribution in [1.82, 2.24) is 4.72 Å². The van der Waals surface area contributed by atoms with Crippen molar-refractivity contribution in [2.24, 2.45) is 0 Å². The molecule has 1 aromatic heterocycles. The minimum absolute atomic E-state index is 0.103. The number of furan rings is 1. The molecule has 0 amide bonds. The number of sulfonamides is 1. The number of nitrogens with one attached hydrogen (secondary N) is 1. The van der Waals surface area contributed by atoms with E-state index in [-0.39, 0.29) is 22.7 Å². The molecule has 0 spiro atoms. The summed E-state index contributed by atoms with van der Waals surface area (Å²) in [5.74, 6) is -1.79. The Morgan fingerprint density at radius 3 is 2.75 bits per heavy atom. The van der Waals surface area contributed by atoms with Crippen molar-refractivity contribution in [2.45, 2.75) is 24.7 Å². The van der Waals surface area contributed by atoms with Crippen LogP contribution >= 0.6 is 15.9 Å². The first-order valence-corrected chi connectivity index (χ1v) is 8.26. The van der Waals surface area contributed by atoms with Gasteiger partial charge in [-0.3, -0.25) is 0 Å². The molecule has 0 bridgehead atoms. The summed E-state index contributed by atoms with van der Waals surface area (Å²) in [6.07, 6.45) is 1.92. The molecule has 0 aliphatic heterocycles. The quantitative estimate of drug-likeness (QED) is 0.643. The molecule has 0 radical (unpaired) electrons. The van der Waals surface area contributed by atoms with Crippen molar-refractivity contribution in [2.75, 3.05) is 19.8 Å². The van der Waals surface area contributed by atoms with Gasteiger partial charge in [0.05, 0.1) is 6.61 Å². The number of hydrogen-bond donors (Lipinski definition) is 2. The molecule has 0 aromatic carbocycles. The third-order valence-electron chi connectivity index (χ3n) is 2.34. The van der Waals surface area contributed by atoms with Gasteiger partial charge in [0.1, 0.15) is 4.90 Å². The molecule has 9 heteroatoms. The topological polar surface area (TPSA) is 106 Å². The molecule has 0 fully saturated rings. The lowest BCUT2D eigenvalue weighted by molar-refractivity contribution is 0.0661. The Balaban J connectivity index is 2.58. The van der Waals surface area contributed by atoms with E-state index in [1.54, 1.807) is 0 Å². The Hall–Kier alpha value is -0.900. The van der Waals surface area contributed by atoms with Gasteiger partial charge in [0.15, 0.2) is 4.67 Å². The predicted octanol–water partition coefficient (Wildman–Crippen LogP) is 1.84. The zero-order valence-corrected chi connectivity index (χ0v) is 13.3. The van der Waals surface area contributed by atoms with Gasteiger partial charge in [0.25, 0.3) is 0 Å². The van der Waals surface area contributed by atoms with Gasteiger partial charge in [-0.1, -0.05) is 13.3 Å². The molecule has 1 heterocycles. The standard InChI is InChI=1S/C11H16BrNO6S/c1-2-3-5-18-6-4-13-20(16,17)9-7-8(11(14)15)19-10(9)12/h7,13H,2-6H2,1H3,(H,14,15). The summed E-state index contributed by atoms with van der Waals surface area (Å²) in [4.78, 5) is 10.5. The van der Waals surface area contributed by atoms with Gasteiger partial charge in [-0.05, 0) is 22.4 Å². The van der Waals surface area contributed by atoms with Crippen LogP contribution in [-0.2, 0) is 14.8 Å². The van der Waals surface area contributed by atoms with Crippen molar-refractivity contribution in [1.29, 1.82) is 0 Å². The van der Waals surface area contributed by atoms with Gasteiger partial charge in [-0.2, -0.15) is 0 Å². The smallest absolute Gasteiger partial charge is 0.371 e. The third kappa shape index (κ3) is 4.89. The number of carbonyl (C=O) groups is 1.